The van der Waals surface area contributed by atoms with Gasteiger partial charge in [-0.3, -0.25) is 4.90 Å². The van der Waals surface area contributed by atoms with E-state index in [1.807, 2.05) is 0 Å². The Morgan fingerprint density at radius 2 is 1.76 bits per heavy atom. The first-order valence-corrected chi connectivity index (χ1v) is 7.96. The molecule has 0 amide bonds. The molecule has 0 saturated carbocycles. The predicted molar refractivity (Wildman–Crippen MR) is 82.2 cm³/mol. The molecule has 118 valence electrons. The molecular formula is C17H26F2N2. The third kappa shape index (κ3) is 3.61. The maximum Gasteiger partial charge on any atom is 0.126 e. The lowest BCUT2D eigenvalue weighted by molar-refractivity contribution is 0.0237. The van der Waals surface area contributed by atoms with Gasteiger partial charge in [0.15, 0.2) is 0 Å². The van der Waals surface area contributed by atoms with Gasteiger partial charge in [-0.15, -0.1) is 0 Å². The smallest absolute Gasteiger partial charge is 0.126 e. The topological polar surface area (TPSA) is 15.3 Å². The largest absolute Gasteiger partial charge is 0.311 e. The molecule has 1 N–H and O–H groups in total. The summed E-state index contributed by atoms with van der Waals surface area (Å²) in [6, 6.07) is 4.28. The number of nitrogens with zero attached hydrogens (tertiary/aromatic N) is 1. The molecule has 1 aliphatic rings. The van der Waals surface area contributed by atoms with Crippen LogP contribution in [0.25, 0.3) is 0 Å². The first-order chi connectivity index (χ1) is 10.0. The number of rotatable bonds is 5. The second-order valence-electron chi connectivity index (χ2n) is 6.08. The molecule has 0 aromatic heterocycles. The van der Waals surface area contributed by atoms with E-state index in [1.54, 1.807) is 0 Å². The van der Waals surface area contributed by atoms with Gasteiger partial charge in [0.2, 0.25) is 0 Å². The van der Waals surface area contributed by atoms with Gasteiger partial charge in [-0.2, -0.15) is 0 Å². The molecule has 0 bridgehead atoms. The minimum Gasteiger partial charge on any atom is -0.311 e. The molecule has 0 radical (unpaired) electrons. The first kappa shape index (κ1) is 16.4. The number of nitrogens with one attached hydrogen (secondary N) is 1. The standard InChI is InChI=1S/C17H26F2N2/c1-4-16-11-21(17(5-2,6-3)12-20-16)10-13-7-14(18)9-15(19)8-13/h7-9,16,20H,4-6,10-12H2,1-3H3. The van der Waals surface area contributed by atoms with E-state index in [0.29, 0.717) is 12.6 Å². The van der Waals surface area contributed by atoms with Crippen LogP contribution in [-0.2, 0) is 6.54 Å². The Morgan fingerprint density at radius 3 is 2.29 bits per heavy atom. The maximum atomic E-state index is 13.4. The van der Waals surface area contributed by atoms with Crippen LogP contribution in [0.4, 0.5) is 8.78 Å². The molecule has 1 aromatic carbocycles. The number of benzene rings is 1. The van der Waals surface area contributed by atoms with Crippen LogP contribution in [0, 0.1) is 11.6 Å². The molecule has 1 atom stereocenters. The highest BCUT2D eigenvalue weighted by molar-refractivity contribution is 5.18. The minimum atomic E-state index is -0.495. The van der Waals surface area contributed by atoms with Gasteiger partial charge in [0.1, 0.15) is 11.6 Å². The fraction of sp³-hybridized carbons (Fsp3) is 0.647. The number of hydrogen-bond donors (Lipinski definition) is 1. The monoisotopic (exact) mass is 296 g/mol. The van der Waals surface area contributed by atoms with E-state index in [4.69, 9.17) is 0 Å². The second-order valence-corrected chi connectivity index (χ2v) is 6.08. The summed E-state index contributed by atoms with van der Waals surface area (Å²) >= 11 is 0. The van der Waals surface area contributed by atoms with E-state index in [1.165, 1.54) is 12.1 Å². The third-order valence-electron chi connectivity index (χ3n) is 4.94. The molecule has 0 spiro atoms. The van der Waals surface area contributed by atoms with Crippen molar-refractivity contribution in [2.24, 2.45) is 0 Å². The molecule has 1 aliphatic heterocycles. The highest BCUT2D eigenvalue weighted by Gasteiger charge is 2.38. The fourth-order valence-electron chi connectivity index (χ4n) is 3.35. The third-order valence-corrected chi connectivity index (χ3v) is 4.94. The Labute approximate surface area is 126 Å². The van der Waals surface area contributed by atoms with Gasteiger partial charge in [-0.25, -0.2) is 8.78 Å². The summed E-state index contributed by atoms with van der Waals surface area (Å²) in [6.45, 7) is 9.02. The molecule has 1 fully saturated rings. The van der Waals surface area contributed by atoms with Crippen LogP contribution in [0.2, 0.25) is 0 Å². The SMILES string of the molecule is CCC1CN(Cc2cc(F)cc(F)c2)C(CC)(CC)CN1. The summed E-state index contributed by atoms with van der Waals surface area (Å²) in [5.41, 5.74) is 0.796. The molecule has 1 aromatic rings. The Hall–Kier alpha value is -1.00. The lowest BCUT2D eigenvalue weighted by Crippen LogP contribution is -2.63. The van der Waals surface area contributed by atoms with Crippen LogP contribution in [0.5, 0.6) is 0 Å². The van der Waals surface area contributed by atoms with E-state index < -0.39 is 11.6 Å². The Kier molecular flexibility index (Phi) is 5.33. The number of piperazine rings is 1. The zero-order chi connectivity index (χ0) is 15.5. The van der Waals surface area contributed by atoms with Gasteiger partial charge >= 0.3 is 0 Å². The zero-order valence-electron chi connectivity index (χ0n) is 13.3. The molecule has 2 rings (SSSR count). The average Bonchev–Trinajstić information content (AvgIpc) is 2.46. The molecule has 1 saturated heterocycles. The molecule has 1 unspecified atom stereocenters. The van der Waals surface area contributed by atoms with E-state index >= 15 is 0 Å². The van der Waals surface area contributed by atoms with Crippen LogP contribution in [-0.4, -0.2) is 29.6 Å². The van der Waals surface area contributed by atoms with E-state index in [9.17, 15) is 8.78 Å². The summed E-state index contributed by atoms with van der Waals surface area (Å²) in [5, 5.41) is 3.61. The van der Waals surface area contributed by atoms with Gasteiger partial charge in [-0.05, 0) is 37.0 Å². The van der Waals surface area contributed by atoms with Crippen LogP contribution in [0.15, 0.2) is 18.2 Å². The highest BCUT2D eigenvalue weighted by Crippen LogP contribution is 2.29. The lowest BCUT2D eigenvalue weighted by Gasteiger charge is -2.49. The summed E-state index contributed by atoms with van der Waals surface area (Å²) in [7, 11) is 0. The van der Waals surface area contributed by atoms with Crippen molar-refractivity contribution < 1.29 is 8.78 Å². The van der Waals surface area contributed by atoms with Gasteiger partial charge in [0.25, 0.3) is 0 Å². The van der Waals surface area contributed by atoms with Gasteiger partial charge in [-0.1, -0.05) is 20.8 Å². The molecular weight excluding hydrogens is 270 g/mol. The van der Waals surface area contributed by atoms with E-state index in [-0.39, 0.29) is 5.54 Å². The predicted octanol–water partition coefficient (Wildman–Crippen LogP) is 3.71. The zero-order valence-corrected chi connectivity index (χ0v) is 13.3. The fourth-order valence-corrected chi connectivity index (χ4v) is 3.35. The molecule has 0 aliphatic carbocycles. The van der Waals surface area contributed by atoms with Crippen LogP contribution < -0.4 is 5.32 Å². The molecule has 1 heterocycles. The number of halogens is 2. The quantitative estimate of drug-likeness (QED) is 0.891. The van der Waals surface area contributed by atoms with Crippen LogP contribution in [0.1, 0.15) is 45.6 Å². The summed E-state index contributed by atoms with van der Waals surface area (Å²) in [4.78, 5) is 2.41. The lowest BCUT2D eigenvalue weighted by atomic mass is 9.86. The van der Waals surface area contributed by atoms with Gasteiger partial charge in [0, 0.05) is 37.3 Å². The first-order valence-electron chi connectivity index (χ1n) is 7.96. The maximum absolute atomic E-state index is 13.4. The van der Waals surface area contributed by atoms with Gasteiger partial charge in [0.05, 0.1) is 0 Å². The van der Waals surface area contributed by atoms with Crippen molar-refractivity contribution in [2.45, 2.75) is 58.2 Å². The highest BCUT2D eigenvalue weighted by atomic mass is 19.1. The van der Waals surface area contributed by atoms with Crippen molar-refractivity contribution in [1.29, 1.82) is 0 Å². The van der Waals surface area contributed by atoms with Crippen molar-refractivity contribution >= 4 is 0 Å². The minimum absolute atomic E-state index is 0.0778. The van der Waals surface area contributed by atoms with E-state index in [0.717, 1.165) is 44.0 Å². The van der Waals surface area contributed by atoms with Crippen LogP contribution >= 0.6 is 0 Å². The van der Waals surface area contributed by atoms with Crippen molar-refractivity contribution in [2.75, 3.05) is 13.1 Å². The second kappa shape index (κ2) is 6.84. The van der Waals surface area contributed by atoms with Crippen molar-refractivity contribution in [3.63, 3.8) is 0 Å². The van der Waals surface area contributed by atoms with Crippen molar-refractivity contribution in [1.82, 2.24) is 10.2 Å². The van der Waals surface area contributed by atoms with Crippen LogP contribution in [0.3, 0.4) is 0 Å². The molecule has 21 heavy (non-hydrogen) atoms. The Balaban J connectivity index is 2.23. The summed E-state index contributed by atoms with van der Waals surface area (Å²) < 4.78 is 26.8. The van der Waals surface area contributed by atoms with Gasteiger partial charge < -0.3 is 5.32 Å². The van der Waals surface area contributed by atoms with Crippen molar-refractivity contribution in [3.8, 4) is 0 Å². The van der Waals surface area contributed by atoms with Crippen molar-refractivity contribution in [3.05, 3.63) is 35.4 Å². The number of hydrogen-bond acceptors (Lipinski definition) is 2. The summed E-state index contributed by atoms with van der Waals surface area (Å²) in [6.07, 6.45) is 3.13. The Bertz CT molecular complexity index is 452. The Morgan fingerprint density at radius 1 is 1.14 bits per heavy atom. The van der Waals surface area contributed by atoms with E-state index in [2.05, 4.69) is 31.0 Å². The average molecular weight is 296 g/mol. The summed E-state index contributed by atoms with van der Waals surface area (Å²) in [5.74, 6) is -0.989. The molecule has 2 nitrogen and oxygen atoms in total. The normalized spacial score (nSPS) is 22.4. The molecule has 4 heteroatoms.